The molecule has 0 aliphatic carbocycles. The number of likely N-dealkylation sites (tertiary alicyclic amines) is 1. The Morgan fingerprint density at radius 1 is 1.20 bits per heavy atom. The second-order valence-corrected chi connectivity index (χ2v) is 4.85. The fourth-order valence-electron chi connectivity index (χ4n) is 3.16. The number of hydrogen-bond acceptors (Lipinski definition) is 1. The van der Waals surface area contributed by atoms with Crippen LogP contribution in [0.2, 0.25) is 0 Å². The minimum Gasteiger partial charge on any atom is -0.337 e. The minimum absolute atomic E-state index is 0.202. The van der Waals surface area contributed by atoms with Crippen LogP contribution in [-0.2, 0) is 4.79 Å². The van der Waals surface area contributed by atoms with Crippen LogP contribution >= 0.6 is 0 Å². The number of carbonyl (C=O) groups excluding carboxylic acids is 1. The summed E-state index contributed by atoms with van der Waals surface area (Å²) in [6, 6.07) is 0. The zero-order chi connectivity index (χ0) is 11.3. The van der Waals surface area contributed by atoms with Crippen LogP contribution in [0.1, 0.15) is 65.7 Å². The topological polar surface area (TPSA) is 20.3 Å². The SMILES string of the molecule is CCCC1(CCC)CCCCN1C(C)=O. The Labute approximate surface area is 94.0 Å². The van der Waals surface area contributed by atoms with Crippen molar-refractivity contribution in [2.45, 2.75) is 71.3 Å². The average Bonchev–Trinajstić information content (AvgIpc) is 2.18. The molecule has 0 spiro atoms. The lowest BCUT2D eigenvalue weighted by Gasteiger charge is -2.47. The third-order valence-electron chi connectivity index (χ3n) is 3.66. The molecule has 1 rings (SSSR count). The monoisotopic (exact) mass is 211 g/mol. The number of nitrogens with zero attached hydrogens (tertiary/aromatic N) is 1. The Kier molecular flexibility index (Phi) is 4.62. The van der Waals surface area contributed by atoms with Crippen LogP contribution in [0.15, 0.2) is 0 Å². The van der Waals surface area contributed by atoms with Crippen molar-refractivity contribution in [3.8, 4) is 0 Å². The van der Waals surface area contributed by atoms with Gasteiger partial charge >= 0.3 is 0 Å². The van der Waals surface area contributed by atoms with Crippen molar-refractivity contribution in [2.24, 2.45) is 0 Å². The molecule has 0 unspecified atom stereocenters. The van der Waals surface area contributed by atoms with Gasteiger partial charge in [0, 0.05) is 19.0 Å². The smallest absolute Gasteiger partial charge is 0.219 e. The zero-order valence-corrected chi connectivity index (χ0v) is 10.5. The Bertz CT molecular complexity index is 201. The highest BCUT2D eigenvalue weighted by molar-refractivity contribution is 5.74. The molecule has 15 heavy (non-hydrogen) atoms. The molecule has 1 aliphatic heterocycles. The number of piperidine rings is 1. The summed E-state index contributed by atoms with van der Waals surface area (Å²) in [6.07, 6.45) is 8.43. The summed E-state index contributed by atoms with van der Waals surface area (Å²) in [5, 5.41) is 0. The lowest BCUT2D eigenvalue weighted by Crippen LogP contribution is -2.53. The standard InChI is InChI=1S/C13H25NO/c1-4-8-13(9-5-2)10-6-7-11-14(13)12(3)15/h4-11H2,1-3H3. The molecule has 0 radical (unpaired) electrons. The number of amides is 1. The van der Waals surface area contributed by atoms with Crippen LogP contribution in [0.3, 0.4) is 0 Å². The molecule has 88 valence electrons. The van der Waals surface area contributed by atoms with E-state index in [-0.39, 0.29) is 11.4 Å². The van der Waals surface area contributed by atoms with Crippen LogP contribution < -0.4 is 0 Å². The first-order chi connectivity index (χ1) is 7.16. The van der Waals surface area contributed by atoms with Gasteiger partial charge in [0.15, 0.2) is 0 Å². The van der Waals surface area contributed by atoms with Crippen molar-refractivity contribution in [3.05, 3.63) is 0 Å². The minimum atomic E-state index is 0.202. The van der Waals surface area contributed by atoms with E-state index in [1.54, 1.807) is 6.92 Å². The fraction of sp³-hybridized carbons (Fsp3) is 0.923. The van der Waals surface area contributed by atoms with Crippen LogP contribution in [0.25, 0.3) is 0 Å². The van der Waals surface area contributed by atoms with Gasteiger partial charge in [-0.25, -0.2) is 0 Å². The summed E-state index contributed by atoms with van der Waals surface area (Å²) >= 11 is 0. The van der Waals surface area contributed by atoms with Gasteiger partial charge in [-0.15, -0.1) is 0 Å². The second-order valence-electron chi connectivity index (χ2n) is 4.85. The molecule has 0 aromatic carbocycles. The summed E-state index contributed by atoms with van der Waals surface area (Å²) in [4.78, 5) is 13.8. The molecule has 2 nitrogen and oxygen atoms in total. The highest BCUT2D eigenvalue weighted by Gasteiger charge is 2.38. The van der Waals surface area contributed by atoms with Crippen LogP contribution in [0, 0.1) is 0 Å². The molecule has 0 bridgehead atoms. The van der Waals surface area contributed by atoms with Gasteiger partial charge in [0.05, 0.1) is 0 Å². The van der Waals surface area contributed by atoms with Crippen molar-refractivity contribution in [3.63, 3.8) is 0 Å². The predicted molar refractivity (Wildman–Crippen MR) is 63.8 cm³/mol. The van der Waals surface area contributed by atoms with E-state index in [1.807, 2.05) is 0 Å². The van der Waals surface area contributed by atoms with Crippen molar-refractivity contribution < 1.29 is 4.79 Å². The Morgan fingerprint density at radius 2 is 1.80 bits per heavy atom. The van der Waals surface area contributed by atoms with Crippen molar-refractivity contribution in [1.29, 1.82) is 0 Å². The van der Waals surface area contributed by atoms with Crippen molar-refractivity contribution >= 4 is 5.91 Å². The molecule has 2 heteroatoms. The summed E-state index contributed by atoms with van der Waals surface area (Å²) in [5.41, 5.74) is 0.202. The number of rotatable bonds is 4. The third kappa shape index (κ3) is 2.73. The molecule has 0 aromatic heterocycles. The van der Waals surface area contributed by atoms with Crippen molar-refractivity contribution in [2.75, 3.05) is 6.54 Å². The molecular formula is C13H25NO. The second kappa shape index (κ2) is 5.53. The van der Waals surface area contributed by atoms with Gasteiger partial charge in [0.2, 0.25) is 5.91 Å². The summed E-state index contributed by atoms with van der Waals surface area (Å²) in [6.45, 7) is 7.16. The predicted octanol–water partition coefficient (Wildman–Crippen LogP) is 3.36. The number of hydrogen-bond donors (Lipinski definition) is 0. The molecule has 1 saturated heterocycles. The molecule has 0 aromatic rings. The van der Waals surface area contributed by atoms with E-state index in [4.69, 9.17) is 0 Å². The molecule has 1 aliphatic rings. The fourth-order valence-corrected chi connectivity index (χ4v) is 3.16. The van der Waals surface area contributed by atoms with E-state index < -0.39 is 0 Å². The van der Waals surface area contributed by atoms with Gasteiger partial charge < -0.3 is 4.90 Å². The lowest BCUT2D eigenvalue weighted by atomic mass is 9.79. The maximum absolute atomic E-state index is 11.7. The van der Waals surface area contributed by atoms with E-state index in [2.05, 4.69) is 18.7 Å². The molecule has 0 N–H and O–H groups in total. The van der Waals surface area contributed by atoms with E-state index in [9.17, 15) is 4.79 Å². The molecule has 0 atom stereocenters. The Balaban J connectivity index is 2.82. The van der Waals surface area contributed by atoms with Crippen LogP contribution in [0.5, 0.6) is 0 Å². The summed E-state index contributed by atoms with van der Waals surface area (Å²) < 4.78 is 0. The zero-order valence-electron chi connectivity index (χ0n) is 10.5. The largest absolute Gasteiger partial charge is 0.337 e. The van der Waals surface area contributed by atoms with Gasteiger partial charge in [-0.1, -0.05) is 26.7 Å². The van der Waals surface area contributed by atoms with Gasteiger partial charge in [-0.2, -0.15) is 0 Å². The highest BCUT2D eigenvalue weighted by atomic mass is 16.2. The van der Waals surface area contributed by atoms with Gasteiger partial charge in [0.1, 0.15) is 0 Å². The first-order valence-electron chi connectivity index (χ1n) is 6.44. The van der Waals surface area contributed by atoms with Crippen LogP contribution in [0.4, 0.5) is 0 Å². The first-order valence-corrected chi connectivity index (χ1v) is 6.44. The van der Waals surface area contributed by atoms with Gasteiger partial charge in [-0.3, -0.25) is 4.79 Å². The molecule has 1 heterocycles. The highest BCUT2D eigenvalue weighted by Crippen LogP contribution is 2.36. The van der Waals surface area contributed by atoms with Crippen molar-refractivity contribution in [1.82, 2.24) is 4.90 Å². The first kappa shape index (κ1) is 12.5. The van der Waals surface area contributed by atoms with Crippen LogP contribution in [-0.4, -0.2) is 22.9 Å². The van der Waals surface area contributed by atoms with E-state index in [1.165, 1.54) is 44.9 Å². The Morgan fingerprint density at radius 3 is 2.27 bits per heavy atom. The van der Waals surface area contributed by atoms with E-state index in [0.717, 1.165) is 6.54 Å². The molecular weight excluding hydrogens is 186 g/mol. The summed E-state index contributed by atoms with van der Waals surface area (Å²) in [5.74, 6) is 0.275. The summed E-state index contributed by atoms with van der Waals surface area (Å²) in [7, 11) is 0. The molecule has 1 fully saturated rings. The average molecular weight is 211 g/mol. The normalized spacial score (nSPS) is 20.3. The Hall–Kier alpha value is -0.530. The maximum Gasteiger partial charge on any atom is 0.219 e. The van der Waals surface area contributed by atoms with E-state index >= 15 is 0 Å². The van der Waals surface area contributed by atoms with Gasteiger partial charge in [-0.05, 0) is 32.1 Å². The quantitative estimate of drug-likeness (QED) is 0.698. The van der Waals surface area contributed by atoms with Gasteiger partial charge in [0.25, 0.3) is 0 Å². The lowest BCUT2D eigenvalue weighted by molar-refractivity contribution is -0.138. The molecule has 0 saturated carbocycles. The van der Waals surface area contributed by atoms with E-state index in [0.29, 0.717) is 0 Å². The molecule has 1 amide bonds. The third-order valence-corrected chi connectivity index (χ3v) is 3.66. The maximum atomic E-state index is 11.7. The number of carbonyl (C=O) groups is 1.